The molecule has 94 valence electrons. The van der Waals surface area contributed by atoms with E-state index in [0.29, 0.717) is 12.5 Å². The first-order valence-electron chi connectivity index (χ1n) is 5.97. The largest absolute Gasteiger partial charge is 0.393 e. The summed E-state index contributed by atoms with van der Waals surface area (Å²) in [6.45, 7) is 1.44. The molecule has 4 heteroatoms. The standard InChI is InChI=1S/C13H18BrNO2/c14-11-3-1-2-10(6-11)13(17)8-15-7-9-4-12(16)5-9/h1-3,6,9,12-13,15-17H,4-5,7-8H2. The lowest BCUT2D eigenvalue weighted by Crippen LogP contribution is -2.37. The minimum Gasteiger partial charge on any atom is -0.393 e. The van der Waals surface area contributed by atoms with Crippen LogP contribution in [-0.2, 0) is 0 Å². The van der Waals surface area contributed by atoms with E-state index in [1.165, 1.54) is 0 Å². The molecule has 1 aromatic carbocycles. The second-order valence-corrected chi connectivity index (χ2v) is 5.64. The molecule has 0 bridgehead atoms. The first-order chi connectivity index (χ1) is 8.15. The first kappa shape index (κ1) is 13.0. The molecular formula is C13H18BrNO2. The molecule has 1 aromatic rings. The molecule has 0 amide bonds. The van der Waals surface area contributed by atoms with Crippen LogP contribution in [0.1, 0.15) is 24.5 Å². The van der Waals surface area contributed by atoms with Gasteiger partial charge in [0.1, 0.15) is 0 Å². The highest BCUT2D eigenvalue weighted by molar-refractivity contribution is 9.10. The van der Waals surface area contributed by atoms with Crippen molar-refractivity contribution in [2.45, 2.75) is 25.0 Å². The number of hydrogen-bond acceptors (Lipinski definition) is 3. The monoisotopic (exact) mass is 299 g/mol. The molecule has 1 unspecified atom stereocenters. The first-order valence-corrected chi connectivity index (χ1v) is 6.77. The second kappa shape index (κ2) is 5.96. The van der Waals surface area contributed by atoms with Crippen molar-refractivity contribution < 1.29 is 10.2 Å². The van der Waals surface area contributed by atoms with Crippen molar-refractivity contribution in [1.29, 1.82) is 0 Å². The number of hydrogen-bond donors (Lipinski definition) is 3. The van der Waals surface area contributed by atoms with E-state index >= 15 is 0 Å². The lowest BCUT2D eigenvalue weighted by molar-refractivity contribution is 0.0415. The Bertz CT molecular complexity index is 366. The van der Waals surface area contributed by atoms with Crippen LogP contribution in [0.15, 0.2) is 28.7 Å². The van der Waals surface area contributed by atoms with E-state index < -0.39 is 6.10 Å². The quantitative estimate of drug-likeness (QED) is 0.778. The number of nitrogens with one attached hydrogen (secondary N) is 1. The van der Waals surface area contributed by atoms with Gasteiger partial charge in [0.25, 0.3) is 0 Å². The van der Waals surface area contributed by atoms with Crippen molar-refractivity contribution in [3.63, 3.8) is 0 Å². The van der Waals surface area contributed by atoms with Crippen LogP contribution in [0.3, 0.4) is 0 Å². The highest BCUT2D eigenvalue weighted by atomic mass is 79.9. The Morgan fingerprint density at radius 3 is 2.82 bits per heavy atom. The molecule has 1 aliphatic rings. The highest BCUT2D eigenvalue weighted by Gasteiger charge is 2.26. The van der Waals surface area contributed by atoms with E-state index in [1.807, 2.05) is 24.3 Å². The molecule has 1 atom stereocenters. The van der Waals surface area contributed by atoms with Crippen LogP contribution in [-0.4, -0.2) is 29.4 Å². The smallest absolute Gasteiger partial charge is 0.0914 e. The Morgan fingerprint density at radius 2 is 2.18 bits per heavy atom. The molecule has 3 N–H and O–H groups in total. The van der Waals surface area contributed by atoms with E-state index in [2.05, 4.69) is 21.2 Å². The van der Waals surface area contributed by atoms with Crippen LogP contribution in [0.4, 0.5) is 0 Å². The Hall–Kier alpha value is -0.420. The van der Waals surface area contributed by atoms with Gasteiger partial charge >= 0.3 is 0 Å². The second-order valence-electron chi connectivity index (χ2n) is 4.72. The van der Waals surface area contributed by atoms with Crippen molar-refractivity contribution in [1.82, 2.24) is 5.32 Å². The summed E-state index contributed by atoms with van der Waals surface area (Å²) in [6.07, 6.45) is 1.20. The summed E-state index contributed by atoms with van der Waals surface area (Å²) in [7, 11) is 0. The third-order valence-corrected chi connectivity index (χ3v) is 3.71. The van der Waals surface area contributed by atoms with Gasteiger partial charge in [-0.2, -0.15) is 0 Å². The summed E-state index contributed by atoms with van der Waals surface area (Å²) in [4.78, 5) is 0. The van der Waals surface area contributed by atoms with Crippen molar-refractivity contribution in [2.75, 3.05) is 13.1 Å². The zero-order chi connectivity index (χ0) is 12.3. The summed E-state index contributed by atoms with van der Waals surface area (Å²) in [5.41, 5.74) is 0.917. The Labute approximate surface area is 110 Å². The maximum absolute atomic E-state index is 9.97. The molecule has 0 heterocycles. The predicted molar refractivity (Wildman–Crippen MR) is 70.7 cm³/mol. The number of aliphatic hydroxyl groups is 2. The molecule has 0 radical (unpaired) electrons. The van der Waals surface area contributed by atoms with Gasteiger partial charge in [0.15, 0.2) is 0 Å². The minimum absolute atomic E-state index is 0.100. The highest BCUT2D eigenvalue weighted by Crippen LogP contribution is 2.26. The Morgan fingerprint density at radius 1 is 1.41 bits per heavy atom. The molecule has 0 aromatic heterocycles. The van der Waals surface area contributed by atoms with Gasteiger partial charge in [0.05, 0.1) is 12.2 Å². The molecule has 0 spiro atoms. The number of rotatable bonds is 5. The van der Waals surface area contributed by atoms with Gasteiger partial charge in [-0.25, -0.2) is 0 Å². The van der Waals surface area contributed by atoms with E-state index in [1.54, 1.807) is 0 Å². The maximum atomic E-state index is 9.97. The number of halogens is 1. The normalized spacial score (nSPS) is 25.4. The molecule has 17 heavy (non-hydrogen) atoms. The Balaban J connectivity index is 1.72. The summed E-state index contributed by atoms with van der Waals surface area (Å²) in [5, 5.41) is 22.4. The molecule has 3 nitrogen and oxygen atoms in total. The average Bonchev–Trinajstić information content (AvgIpc) is 2.26. The van der Waals surface area contributed by atoms with Crippen LogP contribution in [0.5, 0.6) is 0 Å². The molecule has 0 aliphatic heterocycles. The fourth-order valence-electron chi connectivity index (χ4n) is 2.12. The van der Waals surface area contributed by atoms with Crippen molar-refractivity contribution in [3.05, 3.63) is 34.3 Å². The maximum Gasteiger partial charge on any atom is 0.0914 e. The zero-order valence-electron chi connectivity index (χ0n) is 9.64. The van der Waals surface area contributed by atoms with E-state index in [9.17, 15) is 5.11 Å². The van der Waals surface area contributed by atoms with E-state index in [0.717, 1.165) is 29.4 Å². The van der Waals surface area contributed by atoms with Crippen molar-refractivity contribution >= 4 is 15.9 Å². The third-order valence-electron chi connectivity index (χ3n) is 3.21. The summed E-state index contributed by atoms with van der Waals surface area (Å²) < 4.78 is 0.983. The van der Waals surface area contributed by atoms with Crippen LogP contribution < -0.4 is 5.32 Å². The van der Waals surface area contributed by atoms with Gasteiger partial charge in [0.2, 0.25) is 0 Å². The lowest BCUT2D eigenvalue weighted by atomic mass is 9.82. The minimum atomic E-state index is -0.475. The van der Waals surface area contributed by atoms with Crippen LogP contribution >= 0.6 is 15.9 Å². The van der Waals surface area contributed by atoms with Gasteiger partial charge in [0, 0.05) is 11.0 Å². The molecule has 1 fully saturated rings. The SMILES string of the molecule is OC1CC(CNCC(O)c2cccc(Br)c2)C1. The van der Waals surface area contributed by atoms with Crippen molar-refractivity contribution in [2.24, 2.45) is 5.92 Å². The van der Waals surface area contributed by atoms with Crippen LogP contribution in [0, 0.1) is 5.92 Å². The van der Waals surface area contributed by atoms with Crippen LogP contribution in [0.25, 0.3) is 0 Å². The predicted octanol–water partition coefficient (Wildman–Crippen LogP) is 1.84. The van der Waals surface area contributed by atoms with Gasteiger partial charge in [-0.1, -0.05) is 28.1 Å². The van der Waals surface area contributed by atoms with Gasteiger partial charge in [-0.05, 0) is 43.0 Å². The third kappa shape index (κ3) is 3.78. The van der Waals surface area contributed by atoms with Gasteiger partial charge < -0.3 is 15.5 Å². The molecule has 0 saturated heterocycles. The number of benzene rings is 1. The molecule has 1 saturated carbocycles. The number of aliphatic hydroxyl groups excluding tert-OH is 2. The van der Waals surface area contributed by atoms with E-state index in [-0.39, 0.29) is 6.10 Å². The average molecular weight is 300 g/mol. The topological polar surface area (TPSA) is 52.5 Å². The fraction of sp³-hybridized carbons (Fsp3) is 0.538. The van der Waals surface area contributed by atoms with Gasteiger partial charge in [-0.15, -0.1) is 0 Å². The summed E-state index contributed by atoms with van der Waals surface area (Å²) in [6, 6.07) is 7.72. The van der Waals surface area contributed by atoms with Crippen LogP contribution in [0.2, 0.25) is 0 Å². The fourth-order valence-corrected chi connectivity index (χ4v) is 2.54. The van der Waals surface area contributed by atoms with Gasteiger partial charge in [-0.3, -0.25) is 0 Å². The molecular weight excluding hydrogens is 282 g/mol. The summed E-state index contributed by atoms with van der Waals surface area (Å²) in [5.74, 6) is 0.569. The van der Waals surface area contributed by atoms with Crippen molar-refractivity contribution in [3.8, 4) is 0 Å². The zero-order valence-corrected chi connectivity index (χ0v) is 11.2. The summed E-state index contributed by atoms with van der Waals surface area (Å²) >= 11 is 3.39. The lowest BCUT2D eigenvalue weighted by Gasteiger charge is -2.31. The van der Waals surface area contributed by atoms with E-state index in [4.69, 9.17) is 5.11 Å². The molecule has 1 aliphatic carbocycles. The Kier molecular flexibility index (Phi) is 4.56. The molecule has 2 rings (SSSR count).